The van der Waals surface area contributed by atoms with Gasteiger partial charge in [-0.25, -0.2) is 9.67 Å². The van der Waals surface area contributed by atoms with Gasteiger partial charge in [0.05, 0.1) is 6.54 Å². The van der Waals surface area contributed by atoms with Crippen molar-refractivity contribution in [2.45, 2.75) is 71.5 Å². The number of aliphatic imine (C=N–C) groups is 1. The van der Waals surface area contributed by atoms with E-state index in [0.29, 0.717) is 12.0 Å². The van der Waals surface area contributed by atoms with Gasteiger partial charge in [-0.2, -0.15) is 5.10 Å². The number of hydrogen-bond acceptors (Lipinski definition) is 4. The summed E-state index contributed by atoms with van der Waals surface area (Å²) >= 11 is 0. The lowest BCUT2D eigenvalue weighted by Gasteiger charge is -2.26. The third-order valence-electron chi connectivity index (χ3n) is 4.03. The zero-order valence-electron chi connectivity index (χ0n) is 16.4. The van der Waals surface area contributed by atoms with Gasteiger partial charge in [-0.15, -0.1) is 24.0 Å². The Hall–Kier alpha value is -0.900. The number of rotatable bonds is 5. The van der Waals surface area contributed by atoms with Crippen molar-refractivity contribution in [2.24, 2.45) is 4.99 Å². The van der Waals surface area contributed by atoms with E-state index in [1.165, 1.54) is 0 Å². The average molecular weight is 463 g/mol. The molecule has 25 heavy (non-hydrogen) atoms. The van der Waals surface area contributed by atoms with Crippen LogP contribution >= 0.6 is 24.0 Å². The number of aromatic nitrogens is 3. The SMILES string of the molecule is CN=C(NCCNC(C)(C)C)NC1CCc2nc(C(C)C)nn2C1.I. The Morgan fingerprint density at radius 2 is 2.04 bits per heavy atom. The van der Waals surface area contributed by atoms with E-state index in [1.807, 2.05) is 11.7 Å². The molecule has 0 radical (unpaired) electrons. The third-order valence-corrected chi connectivity index (χ3v) is 4.03. The molecule has 2 rings (SSSR count). The normalized spacial score (nSPS) is 17.9. The van der Waals surface area contributed by atoms with Crippen molar-refractivity contribution in [1.82, 2.24) is 30.7 Å². The van der Waals surface area contributed by atoms with Crippen molar-refractivity contribution in [2.75, 3.05) is 20.1 Å². The molecule has 0 aromatic carbocycles. The molecule has 0 amide bonds. The molecule has 1 unspecified atom stereocenters. The first-order valence-electron chi connectivity index (χ1n) is 8.94. The highest BCUT2D eigenvalue weighted by Gasteiger charge is 2.23. The zero-order valence-corrected chi connectivity index (χ0v) is 18.7. The number of aryl methyl sites for hydroxylation is 1. The quantitative estimate of drug-likeness (QED) is 0.269. The van der Waals surface area contributed by atoms with Crippen molar-refractivity contribution in [1.29, 1.82) is 0 Å². The van der Waals surface area contributed by atoms with Crippen LogP contribution in [0.15, 0.2) is 4.99 Å². The summed E-state index contributed by atoms with van der Waals surface area (Å²) < 4.78 is 2.05. The topological polar surface area (TPSA) is 79.2 Å². The summed E-state index contributed by atoms with van der Waals surface area (Å²) in [5.74, 6) is 3.28. The fourth-order valence-corrected chi connectivity index (χ4v) is 2.70. The monoisotopic (exact) mass is 463 g/mol. The highest BCUT2D eigenvalue weighted by Crippen LogP contribution is 2.16. The lowest BCUT2D eigenvalue weighted by molar-refractivity contribution is 0.390. The van der Waals surface area contributed by atoms with Gasteiger partial charge in [0.25, 0.3) is 0 Å². The largest absolute Gasteiger partial charge is 0.355 e. The minimum absolute atomic E-state index is 0. The molecule has 1 atom stereocenters. The van der Waals surface area contributed by atoms with Gasteiger partial charge in [0.1, 0.15) is 5.82 Å². The molecular formula is C17H34IN7. The Morgan fingerprint density at radius 1 is 1.32 bits per heavy atom. The molecule has 1 aromatic heterocycles. The molecule has 0 saturated heterocycles. The van der Waals surface area contributed by atoms with E-state index in [1.54, 1.807) is 0 Å². The highest BCUT2D eigenvalue weighted by molar-refractivity contribution is 14.0. The van der Waals surface area contributed by atoms with Crippen molar-refractivity contribution in [3.05, 3.63) is 11.6 Å². The van der Waals surface area contributed by atoms with Gasteiger partial charge < -0.3 is 16.0 Å². The first kappa shape index (κ1) is 22.1. The zero-order chi connectivity index (χ0) is 17.7. The summed E-state index contributed by atoms with van der Waals surface area (Å²) in [4.78, 5) is 8.96. The number of halogens is 1. The smallest absolute Gasteiger partial charge is 0.191 e. The summed E-state index contributed by atoms with van der Waals surface area (Å²) in [5, 5.41) is 15.0. The second-order valence-electron chi connectivity index (χ2n) is 7.78. The summed E-state index contributed by atoms with van der Waals surface area (Å²) in [7, 11) is 1.81. The molecule has 0 bridgehead atoms. The molecule has 1 aliphatic rings. The van der Waals surface area contributed by atoms with E-state index in [2.05, 4.69) is 65.6 Å². The summed E-state index contributed by atoms with van der Waals surface area (Å²) in [6, 6.07) is 0.334. The summed E-state index contributed by atoms with van der Waals surface area (Å²) in [5.41, 5.74) is 0.139. The summed E-state index contributed by atoms with van der Waals surface area (Å²) in [6.07, 6.45) is 2.01. The Morgan fingerprint density at radius 3 is 2.64 bits per heavy atom. The van der Waals surface area contributed by atoms with E-state index in [0.717, 1.165) is 50.1 Å². The second kappa shape index (κ2) is 9.70. The first-order valence-corrected chi connectivity index (χ1v) is 8.94. The molecule has 3 N–H and O–H groups in total. The van der Waals surface area contributed by atoms with Crippen molar-refractivity contribution in [3.8, 4) is 0 Å². The third kappa shape index (κ3) is 7.08. The number of nitrogens with zero attached hydrogens (tertiary/aromatic N) is 4. The molecule has 2 heterocycles. The van der Waals surface area contributed by atoms with Gasteiger partial charge in [-0.05, 0) is 27.2 Å². The first-order chi connectivity index (χ1) is 11.3. The molecule has 144 valence electrons. The van der Waals surface area contributed by atoms with E-state index >= 15 is 0 Å². The fourth-order valence-electron chi connectivity index (χ4n) is 2.70. The number of nitrogens with one attached hydrogen (secondary N) is 3. The van der Waals surface area contributed by atoms with Crippen LogP contribution in [0.25, 0.3) is 0 Å². The van der Waals surface area contributed by atoms with Crippen molar-refractivity contribution in [3.63, 3.8) is 0 Å². The van der Waals surface area contributed by atoms with Crippen LogP contribution in [0.3, 0.4) is 0 Å². The Bertz CT molecular complexity index is 560. The summed E-state index contributed by atoms with van der Waals surface area (Å²) in [6.45, 7) is 13.4. The number of hydrogen-bond donors (Lipinski definition) is 3. The number of fused-ring (bicyclic) bond motifs is 1. The average Bonchev–Trinajstić information content (AvgIpc) is 2.92. The van der Waals surface area contributed by atoms with Gasteiger partial charge >= 0.3 is 0 Å². The molecule has 0 spiro atoms. The molecule has 1 aromatic rings. The van der Waals surface area contributed by atoms with Crippen LogP contribution < -0.4 is 16.0 Å². The van der Waals surface area contributed by atoms with Gasteiger partial charge in [0, 0.05) is 44.1 Å². The highest BCUT2D eigenvalue weighted by atomic mass is 127. The molecule has 8 heteroatoms. The van der Waals surface area contributed by atoms with E-state index in [-0.39, 0.29) is 29.5 Å². The predicted octanol–water partition coefficient (Wildman–Crippen LogP) is 1.89. The lowest BCUT2D eigenvalue weighted by Crippen LogP contribution is -2.49. The molecule has 7 nitrogen and oxygen atoms in total. The van der Waals surface area contributed by atoms with Crippen LogP contribution in [0.4, 0.5) is 0 Å². The number of guanidine groups is 1. The maximum atomic E-state index is 4.64. The fraction of sp³-hybridized carbons (Fsp3) is 0.824. The van der Waals surface area contributed by atoms with Crippen LogP contribution in [0.5, 0.6) is 0 Å². The van der Waals surface area contributed by atoms with E-state index < -0.39 is 0 Å². The van der Waals surface area contributed by atoms with Gasteiger partial charge in [0.15, 0.2) is 11.8 Å². The van der Waals surface area contributed by atoms with Crippen LogP contribution in [0.2, 0.25) is 0 Å². The Kier molecular flexibility index (Phi) is 8.59. The lowest BCUT2D eigenvalue weighted by atomic mass is 10.1. The van der Waals surface area contributed by atoms with E-state index in [9.17, 15) is 0 Å². The molecular weight excluding hydrogens is 429 g/mol. The Balaban J connectivity index is 0.00000312. The van der Waals surface area contributed by atoms with Crippen LogP contribution in [-0.2, 0) is 13.0 Å². The predicted molar refractivity (Wildman–Crippen MR) is 114 cm³/mol. The van der Waals surface area contributed by atoms with Gasteiger partial charge in [0.2, 0.25) is 0 Å². The second-order valence-corrected chi connectivity index (χ2v) is 7.78. The van der Waals surface area contributed by atoms with Crippen LogP contribution in [0.1, 0.15) is 58.6 Å². The Labute approximate surface area is 168 Å². The molecule has 0 fully saturated rings. The minimum Gasteiger partial charge on any atom is -0.355 e. The van der Waals surface area contributed by atoms with Crippen LogP contribution in [0, 0.1) is 0 Å². The maximum Gasteiger partial charge on any atom is 0.191 e. The van der Waals surface area contributed by atoms with Crippen LogP contribution in [-0.4, -0.2) is 52.4 Å². The van der Waals surface area contributed by atoms with Crippen molar-refractivity contribution < 1.29 is 0 Å². The van der Waals surface area contributed by atoms with E-state index in [4.69, 9.17) is 0 Å². The molecule has 0 saturated carbocycles. The standard InChI is InChI=1S/C17H33N7.HI/c1-12(2)15-22-14-8-7-13(11-24(14)23-15)21-16(18-6)19-9-10-20-17(3,4)5;/h12-13,20H,7-11H2,1-6H3,(H2,18,19,21);1H. The van der Waals surface area contributed by atoms with Crippen molar-refractivity contribution >= 4 is 29.9 Å². The van der Waals surface area contributed by atoms with Gasteiger partial charge in [-0.1, -0.05) is 13.8 Å². The molecule has 1 aliphatic heterocycles. The molecule has 0 aliphatic carbocycles. The maximum absolute atomic E-state index is 4.64. The van der Waals surface area contributed by atoms with Gasteiger partial charge in [-0.3, -0.25) is 4.99 Å². The minimum atomic E-state index is 0.